The van der Waals surface area contributed by atoms with E-state index >= 15 is 0 Å². The fourth-order valence-corrected chi connectivity index (χ4v) is 3.59. The molecule has 0 atom stereocenters. The van der Waals surface area contributed by atoms with Gasteiger partial charge in [-0.1, -0.05) is 6.08 Å². The lowest BCUT2D eigenvalue weighted by Crippen LogP contribution is -2.38. The van der Waals surface area contributed by atoms with Crippen LogP contribution in [-0.4, -0.2) is 41.0 Å². The Bertz CT molecular complexity index is 753. The monoisotopic (exact) mass is 384 g/mol. The van der Waals surface area contributed by atoms with E-state index in [2.05, 4.69) is 61.5 Å². The largest absolute Gasteiger partial charge is 0.344 e. The van der Waals surface area contributed by atoms with Gasteiger partial charge < -0.3 is 15.5 Å². The second-order valence-corrected chi connectivity index (χ2v) is 7.72. The Balaban J connectivity index is 1.52. The number of aromatic nitrogens is 2. The van der Waals surface area contributed by atoms with Crippen molar-refractivity contribution >= 4 is 29.4 Å². The molecule has 6 nitrogen and oxygen atoms in total. The van der Waals surface area contributed by atoms with Crippen molar-refractivity contribution in [3.8, 4) is 0 Å². The summed E-state index contributed by atoms with van der Waals surface area (Å²) in [5.41, 5.74) is 2.02. The van der Waals surface area contributed by atoms with Crippen LogP contribution in [0.25, 0.3) is 0 Å². The van der Waals surface area contributed by atoms with Crippen LogP contribution < -0.4 is 15.4 Å². The molecular formula is C20H28N6S. The Morgan fingerprint density at radius 1 is 1.19 bits per heavy atom. The maximum atomic E-state index is 4.49. The highest BCUT2D eigenvalue weighted by Gasteiger charge is 2.16. The lowest BCUT2D eigenvalue weighted by molar-refractivity contribution is 0.250. The van der Waals surface area contributed by atoms with Crippen LogP contribution in [0.5, 0.6) is 0 Å². The zero-order chi connectivity index (χ0) is 19.1. The van der Waals surface area contributed by atoms with E-state index in [4.69, 9.17) is 0 Å². The predicted molar refractivity (Wildman–Crippen MR) is 114 cm³/mol. The molecule has 0 amide bonds. The first-order valence-electron chi connectivity index (χ1n) is 9.33. The summed E-state index contributed by atoms with van der Waals surface area (Å²) < 4.78 is 3.59. The van der Waals surface area contributed by atoms with Crippen molar-refractivity contribution in [3.63, 3.8) is 0 Å². The summed E-state index contributed by atoms with van der Waals surface area (Å²) >= 11 is 1.71. The SMILES string of the molecule is C/C=C(\C)Nc1ccnc(Nc2ccc(SNC3CCN(C)CC3)cc2)n1. The van der Waals surface area contributed by atoms with Gasteiger partial charge in [0.2, 0.25) is 5.95 Å². The van der Waals surface area contributed by atoms with Crippen LogP contribution >= 0.6 is 11.9 Å². The van der Waals surface area contributed by atoms with Crippen LogP contribution in [0.4, 0.5) is 17.5 Å². The molecule has 144 valence electrons. The lowest BCUT2D eigenvalue weighted by atomic mass is 10.1. The molecule has 0 saturated carbocycles. The summed E-state index contributed by atoms with van der Waals surface area (Å²) in [7, 11) is 2.19. The van der Waals surface area contributed by atoms with Gasteiger partial charge in [-0.25, -0.2) is 4.98 Å². The maximum absolute atomic E-state index is 4.49. The molecule has 0 unspecified atom stereocenters. The topological polar surface area (TPSA) is 65.1 Å². The van der Waals surface area contributed by atoms with Gasteiger partial charge in [0.05, 0.1) is 0 Å². The molecule has 0 radical (unpaired) electrons. The average Bonchev–Trinajstić information content (AvgIpc) is 2.69. The van der Waals surface area contributed by atoms with Gasteiger partial charge in [-0.3, -0.25) is 4.72 Å². The number of nitrogens with zero attached hydrogens (tertiary/aromatic N) is 3. The Kier molecular flexibility index (Phi) is 7.09. The molecule has 0 bridgehead atoms. The summed E-state index contributed by atoms with van der Waals surface area (Å²) in [5.74, 6) is 1.35. The van der Waals surface area contributed by atoms with Gasteiger partial charge in [-0.2, -0.15) is 4.98 Å². The molecule has 1 aliphatic heterocycles. The number of benzene rings is 1. The van der Waals surface area contributed by atoms with Crippen molar-refractivity contribution in [3.05, 3.63) is 48.3 Å². The van der Waals surface area contributed by atoms with Gasteiger partial charge in [0.1, 0.15) is 5.82 Å². The summed E-state index contributed by atoms with van der Waals surface area (Å²) in [4.78, 5) is 12.4. The molecular weight excluding hydrogens is 356 g/mol. The third-order valence-electron chi connectivity index (χ3n) is 4.59. The molecule has 27 heavy (non-hydrogen) atoms. The van der Waals surface area contributed by atoms with E-state index < -0.39 is 0 Å². The Labute approximate surface area is 166 Å². The number of hydrogen-bond acceptors (Lipinski definition) is 7. The zero-order valence-electron chi connectivity index (χ0n) is 16.2. The van der Waals surface area contributed by atoms with E-state index in [-0.39, 0.29) is 0 Å². The molecule has 1 saturated heterocycles. The normalized spacial score (nSPS) is 16.3. The fourth-order valence-electron chi connectivity index (χ4n) is 2.78. The van der Waals surface area contributed by atoms with Gasteiger partial charge in [0.15, 0.2) is 0 Å². The number of nitrogens with one attached hydrogen (secondary N) is 3. The van der Waals surface area contributed by atoms with Crippen molar-refractivity contribution in [2.75, 3.05) is 30.8 Å². The number of piperidine rings is 1. The maximum Gasteiger partial charge on any atom is 0.229 e. The summed E-state index contributed by atoms with van der Waals surface area (Å²) in [6.45, 7) is 6.33. The van der Waals surface area contributed by atoms with Crippen LogP contribution in [-0.2, 0) is 0 Å². The molecule has 1 aliphatic rings. The number of rotatable bonds is 7. The van der Waals surface area contributed by atoms with Crippen LogP contribution in [0.2, 0.25) is 0 Å². The number of hydrogen-bond donors (Lipinski definition) is 3. The van der Waals surface area contributed by atoms with E-state index in [1.807, 2.05) is 26.0 Å². The van der Waals surface area contributed by atoms with Crippen molar-refractivity contribution in [2.24, 2.45) is 0 Å². The second-order valence-electron chi connectivity index (χ2n) is 6.81. The molecule has 2 aromatic rings. The van der Waals surface area contributed by atoms with Crippen molar-refractivity contribution in [1.29, 1.82) is 0 Å². The van der Waals surface area contributed by atoms with Gasteiger partial charge in [0.25, 0.3) is 0 Å². The highest BCUT2D eigenvalue weighted by molar-refractivity contribution is 7.97. The standard InChI is InChI=1S/C20H28N6S/c1-4-15(2)22-19-9-12-21-20(24-19)23-16-5-7-18(8-6-16)27-25-17-10-13-26(3)14-11-17/h4-9,12,17,25H,10-11,13-14H2,1-3H3,(H2,21,22,23,24)/b15-4+. The molecule has 3 N–H and O–H groups in total. The first kappa shape index (κ1) is 19.7. The smallest absolute Gasteiger partial charge is 0.229 e. The highest BCUT2D eigenvalue weighted by atomic mass is 32.2. The number of anilines is 3. The molecule has 0 aliphatic carbocycles. The predicted octanol–water partition coefficient (Wildman–Crippen LogP) is 4.25. The number of likely N-dealkylation sites (tertiary alicyclic amines) is 1. The van der Waals surface area contributed by atoms with Crippen molar-refractivity contribution in [2.45, 2.75) is 37.6 Å². The first-order valence-corrected chi connectivity index (χ1v) is 10.1. The minimum absolute atomic E-state index is 0.578. The first-order chi connectivity index (χ1) is 13.1. The van der Waals surface area contributed by atoms with E-state index in [0.29, 0.717) is 12.0 Å². The zero-order valence-corrected chi connectivity index (χ0v) is 17.0. The quantitative estimate of drug-likeness (QED) is 0.617. The van der Waals surface area contributed by atoms with E-state index in [0.717, 1.165) is 17.2 Å². The number of allylic oxidation sites excluding steroid dienone is 2. The molecule has 2 heterocycles. The van der Waals surface area contributed by atoms with Gasteiger partial charge >= 0.3 is 0 Å². The van der Waals surface area contributed by atoms with Crippen LogP contribution in [0.3, 0.4) is 0 Å². The Morgan fingerprint density at radius 2 is 1.93 bits per heavy atom. The fraction of sp³-hybridized carbons (Fsp3) is 0.400. The van der Waals surface area contributed by atoms with E-state index in [9.17, 15) is 0 Å². The third kappa shape index (κ3) is 6.23. The summed E-state index contributed by atoms with van der Waals surface area (Å²) in [6.07, 6.45) is 6.16. The lowest BCUT2D eigenvalue weighted by Gasteiger charge is -2.29. The van der Waals surface area contributed by atoms with E-state index in [1.165, 1.54) is 30.8 Å². The Hall–Kier alpha value is -2.09. The molecule has 0 spiro atoms. The summed E-state index contributed by atoms with van der Waals surface area (Å²) in [6, 6.07) is 10.8. The van der Waals surface area contributed by atoms with Gasteiger partial charge in [0, 0.05) is 28.5 Å². The second kappa shape index (κ2) is 9.73. The van der Waals surface area contributed by atoms with Gasteiger partial charge in [-0.05, 0) is 89.1 Å². The van der Waals surface area contributed by atoms with E-state index in [1.54, 1.807) is 18.1 Å². The van der Waals surface area contributed by atoms with Crippen molar-refractivity contribution < 1.29 is 0 Å². The van der Waals surface area contributed by atoms with Crippen molar-refractivity contribution in [1.82, 2.24) is 19.6 Å². The summed E-state index contributed by atoms with van der Waals surface area (Å²) in [5, 5.41) is 6.49. The van der Waals surface area contributed by atoms with Crippen LogP contribution in [0.1, 0.15) is 26.7 Å². The minimum Gasteiger partial charge on any atom is -0.344 e. The third-order valence-corrected chi connectivity index (χ3v) is 5.55. The molecule has 1 fully saturated rings. The molecule has 1 aromatic heterocycles. The molecule has 1 aromatic carbocycles. The van der Waals surface area contributed by atoms with Crippen LogP contribution in [0, 0.1) is 0 Å². The van der Waals surface area contributed by atoms with Crippen LogP contribution in [0.15, 0.2) is 53.2 Å². The average molecular weight is 385 g/mol. The molecule has 3 rings (SSSR count). The minimum atomic E-state index is 0.578. The van der Waals surface area contributed by atoms with Gasteiger partial charge in [-0.15, -0.1) is 0 Å². The molecule has 7 heteroatoms. The highest BCUT2D eigenvalue weighted by Crippen LogP contribution is 2.22. The Morgan fingerprint density at radius 3 is 2.63 bits per heavy atom.